The maximum atomic E-state index is 12.3. The second-order valence-corrected chi connectivity index (χ2v) is 5.79. The molecular weight excluding hydrogens is 252 g/mol. The third kappa shape index (κ3) is 4.23. The van der Waals surface area contributed by atoms with Crippen LogP contribution in [0.1, 0.15) is 26.7 Å². The molecule has 1 N–H and O–H groups in total. The molecule has 20 heavy (non-hydrogen) atoms. The van der Waals surface area contributed by atoms with Gasteiger partial charge in [0.15, 0.2) is 0 Å². The van der Waals surface area contributed by atoms with E-state index in [0.717, 1.165) is 37.4 Å². The number of piperidine rings is 1. The Kier molecular flexibility index (Phi) is 5.01. The number of nitrogens with one attached hydrogen (secondary N) is 1. The Labute approximate surface area is 121 Å². The summed E-state index contributed by atoms with van der Waals surface area (Å²) in [6.45, 7) is 5.90. The van der Waals surface area contributed by atoms with Crippen LogP contribution in [-0.4, -0.2) is 37.0 Å². The van der Waals surface area contributed by atoms with Gasteiger partial charge in [0.25, 0.3) is 0 Å². The van der Waals surface area contributed by atoms with Crippen molar-refractivity contribution in [2.75, 3.05) is 25.5 Å². The van der Waals surface area contributed by atoms with Crippen molar-refractivity contribution in [3.8, 4) is 5.75 Å². The quantitative estimate of drug-likeness (QED) is 0.919. The van der Waals surface area contributed by atoms with E-state index in [1.165, 1.54) is 0 Å². The fraction of sp³-hybridized carbons (Fsp3) is 0.562. The monoisotopic (exact) mass is 276 g/mol. The Morgan fingerprint density at radius 1 is 1.45 bits per heavy atom. The SMILES string of the molecule is CC(C)Oc1cccc(NC(=O)[C@@H]2CCCN(C)C2)c1. The maximum absolute atomic E-state index is 12.3. The van der Waals surface area contributed by atoms with Crippen molar-refractivity contribution in [3.05, 3.63) is 24.3 Å². The molecule has 1 atom stereocenters. The van der Waals surface area contributed by atoms with E-state index in [1.54, 1.807) is 0 Å². The number of carbonyl (C=O) groups excluding carboxylic acids is 1. The first-order valence-electron chi connectivity index (χ1n) is 7.30. The van der Waals surface area contributed by atoms with Gasteiger partial charge in [-0.15, -0.1) is 0 Å². The summed E-state index contributed by atoms with van der Waals surface area (Å²) in [4.78, 5) is 14.5. The van der Waals surface area contributed by atoms with Gasteiger partial charge in [0.2, 0.25) is 5.91 Å². The molecule has 1 heterocycles. The number of hydrogen-bond donors (Lipinski definition) is 1. The van der Waals surface area contributed by atoms with Gasteiger partial charge in [0.05, 0.1) is 12.0 Å². The summed E-state index contributed by atoms with van der Waals surface area (Å²) in [5.74, 6) is 0.986. The molecule has 1 fully saturated rings. The van der Waals surface area contributed by atoms with Crippen LogP contribution in [0.3, 0.4) is 0 Å². The molecule has 1 aromatic rings. The molecule has 110 valence electrons. The van der Waals surface area contributed by atoms with Crippen LogP contribution >= 0.6 is 0 Å². The van der Waals surface area contributed by atoms with Crippen LogP contribution < -0.4 is 10.1 Å². The fourth-order valence-electron chi connectivity index (χ4n) is 2.54. The van der Waals surface area contributed by atoms with Gasteiger partial charge in [0, 0.05) is 18.3 Å². The first-order chi connectivity index (χ1) is 9.54. The molecular formula is C16H24N2O2. The second-order valence-electron chi connectivity index (χ2n) is 5.79. The minimum Gasteiger partial charge on any atom is -0.491 e. The number of nitrogens with zero attached hydrogens (tertiary/aromatic N) is 1. The van der Waals surface area contributed by atoms with Crippen LogP contribution in [0, 0.1) is 5.92 Å². The van der Waals surface area contributed by atoms with E-state index >= 15 is 0 Å². The number of likely N-dealkylation sites (tertiary alicyclic amines) is 1. The summed E-state index contributed by atoms with van der Waals surface area (Å²) in [6.07, 6.45) is 2.19. The average molecular weight is 276 g/mol. The Balaban J connectivity index is 1.96. The van der Waals surface area contributed by atoms with Gasteiger partial charge in [-0.2, -0.15) is 0 Å². The molecule has 0 radical (unpaired) electrons. The third-order valence-electron chi connectivity index (χ3n) is 3.47. The standard InChI is InChI=1S/C16H24N2O2/c1-12(2)20-15-8-4-7-14(10-15)17-16(19)13-6-5-9-18(3)11-13/h4,7-8,10,12-13H,5-6,9,11H2,1-3H3,(H,17,19)/t13-/m1/s1. The smallest absolute Gasteiger partial charge is 0.228 e. The van der Waals surface area contributed by atoms with Crippen LogP contribution in [0.4, 0.5) is 5.69 Å². The molecule has 1 aromatic carbocycles. The maximum Gasteiger partial charge on any atom is 0.228 e. The third-order valence-corrected chi connectivity index (χ3v) is 3.47. The van der Waals surface area contributed by atoms with Gasteiger partial charge in [0.1, 0.15) is 5.75 Å². The van der Waals surface area contributed by atoms with Crippen molar-refractivity contribution in [3.63, 3.8) is 0 Å². The Hall–Kier alpha value is -1.55. The molecule has 0 aliphatic carbocycles. The molecule has 0 bridgehead atoms. The molecule has 0 unspecified atom stereocenters. The van der Waals surface area contributed by atoms with Crippen molar-refractivity contribution in [2.45, 2.75) is 32.8 Å². The zero-order valence-electron chi connectivity index (χ0n) is 12.6. The predicted molar refractivity (Wildman–Crippen MR) is 81.1 cm³/mol. The van der Waals surface area contributed by atoms with E-state index in [-0.39, 0.29) is 17.9 Å². The van der Waals surface area contributed by atoms with Crippen LogP contribution in [0.2, 0.25) is 0 Å². The lowest BCUT2D eigenvalue weighted by Crippen LogP contribution is -2.38. The van der Waals surface area contributed by atoms with E-state index in [0.29, 0.717) is 0 Å². The second kappa shape index (κ2) is 6.75. The highest BCUT2D eigenvalue weighted by Crippen LogP contribution is 2.21. The summed E-state index contributed by atoms with van der Waals surface area (Å²) in [5.41, 5.74) is 0.807. The molecule has 0 spiro atoms. The van der Waals surface area contributed by atoms with E-state index in [1.807, 2.05) is 38.1 Å². The van der Waals surface area contributed by atoms with Gasteiger partial charge < -0.3 is 15.0 Å². The van der Waals surface area contributed by atoms with Crippen molar-refractivity contribution in [1.82, 2.24) is 4.90 Å². The highest BCUT2D eigenvalue weighted by Gasteiger charge is 2.23. The lowest BCUT2D eigenvalue weighted by atomic mass is 9.97. The van der Waals surface area contributed by atoms with Gasteiger partial charge in [-0.25, -0.2) is 0 Å². The van der Waals surface area contributed by atoms with Crippen molar-refractivity contribution < 1.29 is 9.53 Å². The van der Waals surface area contributed by atoms with Gasteiger partial charge in [-0.3, -0.25) is 4.79 Å². The number of carbonyl (C=O) groups is 1. The Bertz CT molecular complexity index is 460. The number of hydrogen-bond acceptors (Lipinski definition) is 3. The number of ether oxygens (including phenoxy) is 1. The van der Waals surface area contributed by atoms with Gasteiger partial charge >= 0.3 is 0 Å². The van der Waals surface area contributed by atoms with Crippen molar-refractivity contribution in [1.29, 1.82) is 0 Å². The Morgan fingerprint density at radius 2 is 2.25 bits per heavy atom. The largest absolute Gasteiger partial charge is 0.491 e. The first-order valence-corrected chi connectivity index (χ1v) is 7.30. The lowest BCUT2D eigenvalue weighted by Gasteiger charge is -2.28. The fourth-order valence-corrected chi connectivity index (χ4v) is 2.54. The molecule has 1 aliphatic heterocycles. The van der Waals surface area contributed by atoms with E-state index in [2.05, 4.69) is 17.3 Å². The topological polar surface area (TPSA) is 41.6 Å². The number of benzene rings is 1. The summed E-state index contributed by atoms with van der Waals surface area (Å²) < 4.78 is 5.64. The number of anilines is 1. The molecule has 1 aliphatic rings. The molecule has 4 nitrogen and oxygen atoms in total. The minimum atomic E-state index is 0.0865. The number of amides is 1. The van der Waals surface area contributed by atoms with Crippen molar-refractivity contribution in [2.24, 2.45) is 5.92 Å². The van der Waals surface area contributed by atoms with Gasteiger partial charge in [-0.05, 0) is 52.4 Å². The predicted octanol–water partition coefficient (Wildman–Crippen LogP) is 2.75. The molecule has 2 rings (SSSR count). The Morgan fingerprint density at radius 3 is 2.95 bits per heavy atom. The number of rotatable bonds is 4. The summed E-state index contributed by atoms with van der Waals surface area (Å²) >= 11 is 0. The zero-order chi connectivity index (χ0) is 14.5. The van der Waals surface area contributed by atoms with E-state index in [4.69, 9.17) is 4.74 Å². The first kappa shape index (κ1) is 14.9. The molecule has 4 heteroatoms. The molecule has 0 aromatic heterocycles. The van der Waals surface area contributed by atoms with Crippen LogP contribution in [0.5, 0.6) is 5.75 Å². The van der Waals surface area contributed by atoms with Crippen LogP contribution in [0.25, 0.3) is 0 Å². The van der Waals surface area contributed by atoms with E-state index < -0.39 is 0 Å². The van der Waals surface area contributed by atoms with Crippen LogP contribution in [0.15, 0.2) is 24.3 Å². The summed E-state index contributed by atoms with van der Waals surface area (Å²) in [7, 11) is 2.07. The minimum absolute atomic E-state index is 0.0865. The average Bonchev–Trinajstić information content (AvgIpc) is 2.38. The van der Waals surface area contributed by atoms with Crippen molar-refractivity contribution >= 4 is 11.6 Å². The zero-order valence-corrected chi connectivity index (χ0v) is 12.6. The molecule has 0 saturated carbocycles. The highest BCUT2D eigenvalue weighted by molar-refractivity contribution is 5.92. The van der Waals surface area contributed by atoms with Gasteiger partial charge in [-0.1, -0.05) is 6.07 Å². The summed E-state index contributed by atoms with van der Waals surface area (Å²) in [6, 6.07) is 7.59. The van der Waals surface area contributed by atoms with E-state index in [9.17, 15) is 4.79 Å². The lowest BCUT2D eigenvalue weighted by molar-refractivity contribution is -0.121. The summed E-state index contributed by atoms with van der Waals surface area (Å²) in [5, 5.41) is 3.00. The van der Waals surface area contributed by atoms with Crippen LogP contribution in [-0.2, 0) is 4.79 Å². The highest BCUT2D eigenvalue weighted by atomic mass is 16.5. The molecule has 1 saturated heterocycles. The normalized spacial score (nSPS) is 19.9. The molecule has 1 amide bonds.